The van der Waals surface area contributed by atoms with Crippen LogP contribution in [0.1, 0.15) is 29.1 Å². The number of benzene rings is 1. The average molecular weight is 352 g/mol. The number of fused-ring (bicyclic) bond motifs is 1. The minimum absolute atomic E-state index is 0.138. The smallest absolute Gasteiger partial charge is 0.261 e. The molecule has 1 N–H and O–H groups in total. The molecule has 0 unspecified atom stereocenters. The molecule has 1 aliphatic heterocycles. The van der Waals surface area contributed by atoms with Crippen LogP contribution in [0.4, 0.5) is 0 Å². The SMILES string of the molecule is CC1(C)Cc2cccc(OCCNC(=O)c3ccc(Cl)s3)c2O1. The molecule has 1 aromatic carbocycles. The van der Waals surface area contributed by atoms with E-state index in [4.69, 9.17) is 21.1 Å². The summed E-state index contributed by atoms with van der Waals surface area (Å²) in [6.07, 6.45) is 0.870. The normalized spacial score (nSPS) is 14.9. The maximum atomic E-state index is 11.9. The van der Waals surface area contributed by atoms with Crippen molar-refractivity contribution in [2.45, 2.75) is 25.9 Å². The van der Waals surface area contributed by atoms with Gasteiger partial charge in [-0.15, -0.1) is 11.3 Å². The quantitative estimate of drug-likeness (QED) is 0.830. The monoisotopic (exact) mass is 351 g/mol. The van der Waals surface area contributed by atoms with Crippen molar-refractivity contribution in [1.29, 1.82) is 0 Å². The second kappa shape index (κ2) is 6.42. The highest BCUT2D eigenvalue weighted by molar-refractivity contribution is 7.17. The highest BCUT2D eigenvalue weighted by Gasteiger charge is 2.32. The fourth-order valence-corrected chi connectivity index (χ4v) is 3.51. The van der Waals surface area contributed by atoms with Crippen LogP contribution in [0.2, 0.25) is 4.34 Å². The zero-order valence-electron chi connectivity index (χ0n) is 13.0. The lowest BCUT2D eigenvalue weighted by Gasteiger charge is -2.18. The van der Waals surface area contributed by atoms with Crippen LogP contribution in [0.5, 0.6) is 11.5 Å². The number of halogens is 1. The topological polar surface area (TPSA) is 47.6 Å². The molecule has 1 aromatic heterocycles. The second-order valence-electron chi connectivity index (χ2n) is 5.99. The van der Waals surface area contributed by atoms with E-state index >= 15 is 0 Å². The molecule has 0 spiro atoms. The molecule has 2 aromatic rings. The minimum atomic E-state index is -0.200. The predicted octanol–water partition coefficient (Wildman–Crippen LogP) is 3.92. The van der Waals surface area contributed by atoms with Gasteiger partial charge in [-0.2, -0.15) is 0 Å². The lowest BCUT2D eigenvalue weighted by molar-refractivity contribution is 0.0950. The van der Waals surface area contributed by atoms with Gasteiger partial charge in [0.05, 0.1) is 15.8 Å². The first-order chi connectivity index (χ1) is 10.9. The van der Waals surface area contributed by atoms with E-state index in [1.54, 1.807) is 12.1 Å². The van der Waals surface area contributed by atoms with Crippen molar-refractivity contribution >= 4 is 28.8 Å². The number of carbonyl (C=O) groups is 1. The van der Waals surface area contributed by atoms with Crippen LogP contribution in [0.15, 0.2) is 30.3 Å². The van der Waals surface area contributed by atoms with Crippen molar-refractivity contribution in [3.8, 4) is 11.5 Å². The summed E-state index contributed by atoms with van der Waals surface area (Å²) in [6, 6.07) is 9.33. The highest BCUT2D eigenvalue weighted by Crippen LogP contribution is 2.41. The van der Waals surface area contributed by atoms with Crippen molar-refractivity contribution in [2.75, 3.05) is 13.2 Å². The van der Waals surface area contributed by atoms with Gasteiger partial charge >= 0.3 is 0 Å². The largest absolute Gasteiger partial charge is 0.488 e. The molecule has 3 rings (SSSR count). The number of para-hydroxylation sites is 1. The van der Waals surface area contributed by atoms with Crippen LogP contribution in [0.25, 0.3) is 0 Å². The van der Waals surface area contributed by atoms with Gasteiger partial charge in [0, 0.05) is 12.0 Å². The lowest BCUT2D eigenvalue weighted by Crippen LogP contribution is -2.27. The molecule has 0 saturated heterocycles. The first-order valence-electron chi connectivity index (χ1n) is 7.42. The molecule has 1 amide bonds. The standard InChI is InChI=1S/C17H18ClNO3S/c1-17(2)10-11-4-3-5-12(15(11)22-17)21-9-8-19-16(20)13-6-7-14(18)23-13/h3-7H,8-10H2,1-2H3,(H,19,20). The summed E-state index contributed by atoms with van der Waals surface area (Å²) in [7, 11) is 0. The second-order valence-corrected chi connectivity index (χ2v) is 7.71. The maximum Gasteiger partial charge on any atom is 0.261 e. The third-order valence-corrected chi connectivity index (χ3v) is 4.73. The molecule has 23 heavy (non-hydrogen) atoms. The molecule has 2 heterocycles. The first-order valence-corrected chi connectivity index (χ1v) is 8.61. The van der Waals surface area contributed by atoms with Crippen LogP contribution < -0.4 is 14.8 Å². The summed E-state index contributed by atoms with van der Waals surface area (Å²) in [5.41, 5.74) is 0.957. The molecule has 1 aliphatic rings. The number of carbonyl (C=O) groups excluding carboxylic acids is 1. The summed E-state index contributed by atoms with van der Waals surface area (Å²) in [5.74, 6) is 1.40. The van der Waals surface area contributed by atoms with Gasteiger partial charge in [0.15, 0.2) is 11.5 Å². The zero-order valence-corrected chi connectivity index (χ0v) is 14.6. The predicted molar refractivity (Wildman–Crippen MR) is 92.0 cm³/mol. The Balaban J connectivity index is 1.52. The maximum absolute atomic E-state index is 11.9. The Morgan fingerprint density at radius 1 is 1.39 bits per heavy atom. The van der Waals surface area contributed by atoms with Crippen molar-refractivity contribution in [2.24, 2.45) is 0 Å². The third kappa shape index (κ3) is 3.79. The number of ether oxygens (including phenoxy) is 2. The van der Waals surface area contributed by atoms with E-state index in [-0.39, 0.29) is 11.5 Å². The van der Waals surface area contributed by atoms with Crippen molar-refractivity contribution < 1.29 is 14.3 Å². The summed E-state index contributed by atoms with van der Waals surface area (Å²) < 4.78 is 12.3. The van der Waals surface area contributed by atoms with Gasteiger partial charge in [0.25, 0.3) is 5.91 Å². The van der Waals surface area contributed by atoms with Gasteiger partial charge in [-0.05, 0) is 32.0 Å². The average Bonchev–Trinajstić information content (AvgIpc) is 3.05. The number of hydrogen-bond acceptors (Lipinski definition) is 4. The fraction of sp³-hybridized carbons (Fsp3) is 0.353. The molecule has 0 atom stereocenters. The van der Waals surface area contributed by atoms with E-state index in [0.29, 0.717) is 22.4 Å². The number of amides is 1. The molecule has 4 nitrogen and oxygen atoms in total. The molecular formula is C17H18ClNO3S. The van der Waals surface area contributed by atoms with Gasteiger partial charge in [0.2, 0.25) is 0 Å². The van der Waals surface area contributed by atoms with E-state index in [1.165, 1.54) is 11.3 Å². The van der Waals surface area contributed by atoms with Crippen molar-refractivity contribution in [1.82, 2.24) is 5.32 Å². The lowest BCUT2D eigenvalue weighted by atomic mass is 10.0. The van der Waals surface area contributed by atoms with Crippen LogP contribution in [0.3, 0.4) is 0 Å². The van der Waals surface area contributed by atoms with Crippen molar-refractivity contribution in [3.05, 3.63) is 45.1 Å². The summed E-state index contributed by atoms with van der Waals surface area (Å²) >= 11 is 7.08. The Morgan fingerprint density at radius 2 is 2.22 bits per heavy atom. The van der Waals surface area contributed by atoms with Gasteiger partial charge in [-0.1, -0.05) is 23.7 Å². The Hall–Kier alpha value is -1.72. The summed E-state index contributed by atoms with van der Waals surface area (Å²) in [6.45, 7) is 4.92. The number of thiophene rings is 1. The van der Waals surface area contributed by atoms with Crippen LogP contribution in [-0.2, 0) is 6.42 Å². The highest BCUT2D eigenvalue weighted by atomic mass is 35.5. The summed E-state index contributed by atoms with van der Waals surface area (Å²) in [4.78, 5) is 12.5. The van der Waals surface area contributed by atoms with Gasteiger partial charge in [-0.3, -0.25) is 4.79 Å². The van der Waals surface area contributed by atoms with E-state index in [1.807, 2.05) is 12.1 Å². The first kappa shape index (κ1) is 16.1. The zero-order chi connectivity index (χ0) is 16.4. The molecule has 122 valence electrons. The molecule has 0 bridgehead atoms. The Bertz CT molecular complexity index is 726. The Labute approximate surface area is 144 Å². The van der Waals surface area contributed by atoms with Crippen LogP contribution in [-0.4, -0.2) is 24.7 Å². The Morgan fingerprint density at radius 3 is 2.96 bits per heavy atom. The van der Waals surface area contributed by atoms with Gasteiger partial charge in [0.1, 0.15) is 12.2 Å². The molecule has 0 saturated carbocycles. The molecular weight excluding hydrogens is 334 g/mol. The van der Waals surface area contributed by atoms with E-state index in [0.717, 1.165) is 23.5 Å². The molecule has 6 heteroatoms. The van der Waals surface area contributed by atoms with E-state index < -0.39 is 0 Å². The molecule has 0 radical (unpaired) electrons. The molecule has 0 fully saturated rings. The van der Waals surface area contributed by atoms with Gasteiger partial charge in [-0.25, -0.2) is 0 Å². The fourth-order valence-electron chi connectivity index (χ4n) is 2.55. The summed E-state index contributed by atoms with van der Waals surface area (Å²) in [5, 5.41) is 2.81. The van der Waals surface area contributed by atoms with Gasteiger partial charge < -0.3 is 14.8 Å². The Kier molecular flexibility index (Phi) is 4.50. The number of nitrogens with one attached hydrogen (secondary N) is 1. The van der Waals surface area contributed by atoms with Crippen LogP contribution in [0, 0.1) is 0 Å². The van der Waals surface area contributed by atoms with E-state index in [9.17, 15) is 4.79 Å². The van der Waals surface area contributed by atoms with Crippen molar-refractivity contribution in [3.63, 3.8) is 0 Å². The third-order valence-electron chi connectivity index (χ3n) is 3.50. The number of rotatable bonds is 5. The number of hydrogen-bond donors (Lipinski definition) is 1. The van der Waals surface area contributed by atoms with Crippen LogP contribution >= 0.6 is 22.9 Å². The molecule has 0 aliphatic carbocycles. The minimum Gasteiger partial charge on any atom is -0.488 e. The van der Waals surface area contributed by atoms with E-state index in [2.05, 4.69) is 25.2 Å².